The van der Waals surface area contributed by atoms with Crippen LogP contribution < -0.4 is 0 Å². The molecule has 2 heterocycles. The highest BCUT2D eigenvalue weighted by Crippen LogP contribution is 2.28. The van der Waals surface area contributed by atoms with Crippen molar-refractivity contribution < 1.29 is 19.5 Å². The van der Waals surface area contributed by atoms with Crippen LogP contribution in [-0.4, -0.2) is 57.9 Å². The summed E-state index contributed by atoms with van der Waals surface area (Å²) in [6, 6.07) is -0.549. The molecule has 2 rings (SSSR count). The second kappa shape index (κ2) is 5.69. The Morgan fingerprint density at radius 2 is 2.16 bits per heavy atom. The van der Waals surface area contributed by atoms with Crippen LogP contribution in [-0.2, 0) is 14.4 Å². The van der Waals surface area contributed by atoms with Crippen molar-refractivity contribution in [2.75, 3.05) is 13.1 Å². The Morgan fingerprint density at radius 1 is 1.42 bits per heavy atom. The van der Waals surface area contributed by atoms with Crippen LogP contribution in [0.3, 0.4) is 0 Å². The summed E-state index contributed by atoms with van der Waals surface area (Å²) in [5, 5.41) is 8.90. The van der Waals surface area contributed by atoms with E-state index in [4.69, 9.17) is 5.11 Å². The Morgan fingerprint density at radius 3 is 2.79 bits per heavy atom. The quantitative estimate of drug-likeness (QED) is 0.733. The molecule has 6 heteroatoms. The van der Waals surface area contributed by atoms with Gasteiger partial charge in [-0.25, -0.2) is 0 Å². The predicted molar refractivity (Wildman–Crippen MR) is 67.4 cm³/mol. The first-order valence-corrected chi connectivity index (χ1v) is 6.86. The van der Waals surface area contributed by atoms with Gasteiger partial charge in [0.1, 0.15) is 0 Å². The molecular weight excluding hydrogens is 248 g/mol. The van der Waals surface area contributed by atoms with Crippen molar-refractivity contribution in [1.29, 1.82) is 0 Å². The van der Waals surface area contributed by atoms with Gasteiger partial charge < -0.3 is 5.11 Å². The van der Waals surface area contributed by atoms with E-state index in [1.165, 1.54) is 4.90 Å². The minimum absolute atomic E-state index is 0.0474. The molecule has 0 bridgehead atoms. The van der Waals surface area contributed by atoms with Crippen molar-refractivity contribution in [3.63, 3.8) is 0 Å². The molecule has 106 valence electrons. The standard InChI is InChI=1S/C13H20N2O4/c1-2-5-15-11(16)8-10(13(15)19)14-6-3-4-9(14)7-12(17)18/h9-10H,2-8H2,1H3,(H,17,18). The van der Waals surface area contributed by atoms with Crippen LogP contribution in [0.1, 0.15) is 39.0 Å². The number of amides is 2. The van der Waals surface area contributed by atoms with Gasteiger partial charge in [0.05, 0.1) is 18.9 Å². The predicted octanol–water partition coefficient (Wildman–Crippen LogP) is 0.463. The SMILES string of the molecule is CCCN1C(=O)CC(N2CCCC2CC(=O)O)C1=O. The number of hydrogen-bond donors (Lipinski definition) is 1. The molecule has 2 atom stereocenters. The third-order valence-corrected chi connectivity index (χ3v) is 3.90. The highest BCUT2D eigenvalue weighted by Gasteiger charge is 2.44. The Bertz CT molecular complexity index is 396. The van der Waals surface area contributed by atoms with Gasteiger partial charge in [-0.05, 0) is 25.8 Å². The van der Waals surface area contributed by atoms with E-state index in [1.807, 2.05) is 11.8 Å². The Labute approximate surface area is 112 Å². The van der Waals surface area contributed by atoms with Gasteiger partial charge in [0.15, 0.2) is 0 Å². The third-order valence-electron chi connectivity index (χ3n) is 3.90. The summed E-state index contributed by atoms with van der Waals surface area (Å²) in [5.74, 6) is -1.12. The maximum absolute atomic E-state index is 12.2. The molecule has 1 N–H and O–H groups in total. The first-order chi connectivity index (χ1) is 9.04. The minimum Gasteiger partial charge on any atom is -0.481 e. The summed E-state index contributed by atoms with van der Waals surface area (Å²) in [5.41, 5.74) is 0. The molecule has 0 aliphatic carbocycles. The fourth-order valence-corrected chi connectivity index (χ4v) is 3.07. The fourth-order valence-electron chi connectivity index (χ4n) is 3.07. The molecule has 2 amide bonds. The van der Waals surface area contributed by atoms with Crippen LogP contribution >= 0.6 is 0 Å². The summed E-state index contributed by atoms with van der Waals surface area (Å²) in [4.78, 5) is 38.2. The molecule has 2 aliphatic heterocycles. The van der Waals surface area contributed by atoms with Gasteiger partial charge in [0.25, 0.3) is 0 Å². The lowest BCUT2D eigenvalue weighted by atomic mass is 10.1. The molecule has 0 aromatic heterocycles. The number of aliphatic carboxylic acids is 1. The smallest absolute Gasteiger partial charge is 0.304 e. The van der Waals surface area contributed by atoms with Gasteiger partial charge in [0, 0.05) is 12.6 Å². The number of carbonyl (C=O) groups is 3. The first-order valence-electron chi connectivity index (χ1n) is 6.86. The largest absolute Gasteiger partial charge is 0.481 e. The van der Waals surface area contributed by atoms with Gasteiger partial charge >= 0.3 is 5.97 Å². The molecule has 2 unspecified atom stereocenters. The summed E-state index contributed by atoms with van der Waals surface area (Å²) in [7, 11) is 0. The molecule has 6 nitrogen and oxygen atoms in total. The number of carboxylic acids is 1. The number of carbonyl (C=O) groups excluding carboxylic acids is 2. The summed E-state index contributed by atoms with van der Waals surface area (Å²) in [6.07, 6.45) is 2.69. The van der Waals surface area contributed by atoms with E-state index in [9.17, 15) is 14.4 Å². The van der Waals surface area contributed by atoms with Crippen LogP contribution in [0.4, 0.5) is 0 Å². The van der Waals surface area contributed by atoms with Gasteiger partial charge in [-0.15, -0.1) is 0 Å². The van der Waals surface area contributed by atoms with E-state index >= 15 is 0 Å². The molecule has 0 radical (unpaired) electrons. The normalized spacial score (nSPS) is 28.4. The van der Waals surface area contributed by atoms with Crippen LogP contribution in [0.15, 0.2) is 0 Å². The highest BCUT2D eigenvalue weighted by atomic mass is 16.4. The van der Waals surface area contributed by atoms with Gasteiger partial charge in [-0.2, -0.15) is 0 Å². The van der Waals surface area contributed by atoms with Crippen molar-refractivity contribution in [2.45, 2.75) is 51.1 Å². The highest BCUT2D eigenvalue weighted by molar-refractivity contribution is 6.05. The maximum Gasteiger partial charge on any atom is 0.304 e. The van der Waals surface area contributed by atoms with Gasteiger partial charge in [-0.3, -0.25) is 24.2 Å². The summed E-state index contributed by atoms with van der Waals surface area (Å²) >= 11 is 0. The van der Waals surface area contributed by atoms with Crippen LogP contribution in [0.25, 0.3) is 0 Å². The lowest BCUT2D eigenvalue weighted by Gasteiger charge is -2.27. The zero-order valence-electron chi connectivity index (χ0n) is 11.2. The summed E-state index contributed by atoms with van der Waals surface area (Å²) < 4.78 is 0. The van der Waals surface area contributed by atoms with Gasteiger partial charge in [0.2, 0.25) is 11.8 Å². The van der Waals surface area contributed by atoms with Crippen molar-refractivity contribution >= 4 is 17.8 Å². The van der Waals surface area contributed by atoms with Crippen molar-refractivity contribution in [1.82, 2.24) is 9.80 Å². The molecule has 2 saturated heterocycles. The molecule has 2 fully saturated rings. The van der Waals surface area contributed by atoms with Crippen molar-refractivity contribution in [3.8, 4) is 0 Å². The third kappa shape index (κ3) is 2.78. The first kappa shape index (κ1) is 14.0. The fraction of sp³-hybridized carbons (Fsp3) is 0.769. The van der Waals surface area contributed by atoms with Gasteiger partial charge in [-0.1, -0.05) is 6.92 Å². The Balaban J connectivity index is 2.07. The maximum atomic E-state index is 12.2. The van der Waals surface area contributed by atoms with E-state index in [2.05, 4.69) is 0 Å². The van der Waals surface area contributed by atoms with Crippen LogP contribution in [0.5, 0.6) is 0 Å². The molecule has 0 aromatic rings. The Kier molecular flexibility index (Phi) is 4.19. The average Bonchev–Trinajstić information content (AvgIpc) is 2.88. The van der Waals surface area contributed by atoms with E-state index in [0.29, 0.717) is 13.1 Å². The molecule has 0 aromatic carbocycles. The monoisotopic (exact) mass is 268 g/mol. The van der Waals surface area contributed by atoms with E-state index in [-0.39, 0.29) is 30.7 Å². The van der Waals surface area contributed by atoms with E-state index in [1.54, 1.807) is 0 Å². The van der Waals surface area contributed by atoms with E-state index < -0.39 is 12.0 Å². The molecule has 19 heavy (non-hydrogen) atoms. The molecule has 2 aliphatic rings. The number of likely N-dealkylation sites (tertiary alicyclic amines) is 2. The number of hydrogen-bond acceptors (Lipinski definition) is 4. The summed E-state index contributed by atoms with van der Waals surface area (Å²) in [6.45, 7) is 3.10. The Hall–Kier alpha value is -1.43. The molecule has 0 spiro atoms. The number of nitrogens with zero attached hydrogens (tertiary/aromatic N) is 2. The zero-order chi connectivity index (χ0) is 14.0. The second-order valence-electron chi connectivity index (χ2n) is 5.24. The lowest BCUT2D eigenvalue weighted by Crippen LogP contribution is -2.45. The van der Waals surface area contributed by atoms with E-state index in [0.717, 1.165) is 19.3 Å². The lowest BCUT2D eigenvalue weighted by molar-refractivity contribution is -0.142. The van der Waals surface area contributed by atoms with Crippen LogP contribution in [0.2, 0.25) is 0 Å². The second-order valence-corrected chi connectivity index (χ2v) is 5.24. The zero-order valence-corrected chi connectivity index (χ0v) is 11.2. The van der Waals surface area contributed by atoms with Crippen LogP contribution in [0, 0.1) is 0 Å². The molecular formula is C13H20N2O4. The average molecular weight is 268 g/mol. The molecule has 0 saturated carbocycles. The van der Waals surface area contributed by atoms with Crippen molar-refractivity contribution in [2.24, 2.45) is 0 Å². The topological polar surface area (TPSA) is 77.9 Å². The van der Waals surface area contributed by atoms with Crippen molar-refractivity contribution in [3.05, 3.63) is 0 Å². The number of carboxylic acid groups (broad SMARTS) is 1. The number of rotatable bonds is 5. The minimum atomic E-state index is -0.848. The number of imide groups is 1.